The molecule has 0 amide bonds. The van der Waals surface area contributed by atoms with Crippen molar-refractivity contribution in [2.45, 2.75) is 4.90 Å². The van der Waals surface area contributed by atoms with Gasteiger partial charge in [0.1, 0.15) is 17.2 Å². The molecule has 8 heteroatoms. The van der Waals surface area contributed by atoms with Crippen molar-refractivity contribution in [2.24, 2.45) is 0 Å². The van der Waals surface area contributed by atoms with E-state index in [2.05, 4.69) is 4.72 Å². The van der Waals surface area contributed by atoms with Crippen LogP contribution < -0.4 is 4.72 Å². The van der Waals surface area contributed by atoms with Gasteiger partial charge in [0.15, 0.2) is 5.78 Å². The number of ketones is 1. The normalized spacial score (nSPS) is 11.4. The molecule has 0 saturated heterocycles. The SMILES string of the molecule is O=C(/C=C/c1ccc(O)cc1O)c1ccccc1NS(=O)(=O)c1cccc(O)c1. The van der Waals surface area contributed by atoms with Gasteiger partial charge >= 0.3 is 0 Å². The topological polar surface area (TPSA) is 124 Å². The van der Waals surface area contributed by atoms with E-state index >= 15 is 0 Å². The predicted molar refractivity (Wildman–Crippen MR) is 108 cm³/mol. The molecule has 0 radical (unpaired) electrons. The summed E-state index contributed by atoms with van der Waals surface area (Å²) in [4.78, 5) is 12.5. The summed E-state index contributed by atoms with van der Waals surface area (Å²) in [6.07, 6.45) is 2.55. The summed E-state index contributed by atoms with van der Waals surface area (Å²) in [7, 11) is -4.02. The average molecular weight is 411 g/mol. The van der Waals surface area contributed by atoms with E-state index in [1.807, 2.05) is 0 Å². The van der Waals surface area contributed by atoms with E-state index in [-0.39, 0.29) is 33.4 Å². The molecule has 0 saturated carbocycles. The fourth-order valence-corrected chi connectivity index (χ4v) is 3.69. The highest BCUT2D eigenvalue weighted by Crippen LogP contribution is 2.25. The lowest BCUT2D eigenvalue weighted by Crippen LogP contribution is -2.15. The van der Waals surface area contributed by atoms with Gasteiger partial charge in [-0.15, -0.1) is 0 Å². The number of anilines is 1. The number of carbonyl (C=O) groups is 1. The number of nitrogens with one attached hydrogen (secondary N) is 1. The molecule has 0 spiro atoms. The van der Waals surface area contributed by atoms with Crippen LogP contribution in [0.4, 0.5) is 5.69 Å². The molecule has 0 aliphatic carbocycles. The Labute approximate surface area is 167 Å². The minimum atomic E-state index is -4.02. The van der Waals surface area contributed by atoms with Crippen molar-refractivity contribution in [3.8, 4) is 17.2 Å². The third-order valence-electron chi connectivity index (χ3n) is 3.99. The molecular weight excluding hydrogens is 394 g/mol. The molecule has 3 aromatic rings. The van der Waals surface area contributed by atoms with Gasteiger partial charge in [-0.3, -0.25) is 9.52 Å². The Kier molecular flexibility index (Phi) is 5.56. The molecule has 0 aliphatic heterocycles. The van der Waals surface area contributed by atoms with Gasteiger partial charge in [-0.2, -0.15) is 0 Å². The van der Waals surface area contributed by atoms with Crippen LogP contribution in [0.1, 0.15) is 15.9 Å². The fraction of sp³-hybridized carbons (Fsp3) is 0. The molecule has 7 nitrogen and oxygen atoms in total. The van der Waals surface area contributed by atoms with Crippen LogP contribution in [0.5, 0.6) is 17.2 Å². The summed E-state index contributed by atoms with van der Waals surface area (Å²) in [5, 5.41) is 28.6. The second kappa shape index (κ2) is 8.07. The van der Waals surface area contributed by atoms with Gasteiger partial charge in [0.05, 0.1) is 10.6 Å². The van der Waals surface area contributed by atoms with Crippen molar-refractivity contribution in [2.75, 3.05) is 4.72 Å². The first-order valence-electron chi connectivity index (χ1n) is 8.41. The summed E-state index contributed by atoms with van der Waals surface area (Å²) >= 11 is 0. The molecule has 0 fully saturated rings. The van der Waals surface area contributed by atoms with E-state index in [0.29, 0.717) is 5.56 Å². The van der Waals surface area contributed by atoms with Crippen LogP contribution in [0.25, 0.3) is 6.08 Å². The zero-order valence-corrected chi connectivity index (χ0v) is 15.8. The smallest absolute Gasteiger partial charge is 0.262 e. The molecule has 148 valence electrons. The van der Waals surface area contributed by atoms with Crippen molar-refractivity contribution in [3.05, 3.63) is 83.9 Å². The minimum Gasteiger partial charge on any atom is -0.508 e. The zero-order valence-electron chi connectivity index (χ0n) is 15.0. The van der Waals surface area contributed by atoms with Gasteiger partial charge in [-0.25, -0.2) is 8.42 Å². The van der Waals surface area contributed by atoms with E-state index in [1.165, 1.54) is 54.6 Å². The van der Waals surface area contributed by atoms with Crippen LogP contribution in [-0.2, 0) is 10.0 Å². The van der Waals surface area contributed by atoms with Gasteiger partial charge in [0.25, 0.3) is 10.0 Å². The Balaban J connectivity index is 1.88. The van der Waals surface area contributed by atoms with Crippen molar-refractivity contribution >= 4 is 27.6 Å². The van der Waals surface area contributed by atoms with E-state index in [9.17, 15) is 28.5 Å². The number of aromatic hydroxyl groups is 3. The van der Waals surface area contributed by atoms with Crippen molar-refractivity contribution < 1.29 is 28.5 Å². The number of hydrogen-bond donors (Lipinski definition) is 4. The van der Waals surface area contributed by atoms with Crippen LogP contribution in [0.2, 0.25) is 0 Å². The lowest BCUT2D eigenvalue weighted by Gasteiger charge is -2.11. The Hall–Kier alpha value is -3.78. The van der Waals surface area contributed by atoms with E-state index in [4.69, 9.17) is 0 Å². The number of hydrogen-bond acceptors (Lipinski definition) is 6. The van der Waals surface area contributed by atoms with Crippen molar-refractivity contribution in [1.29, 1.82) is 0 Å². The number of rotatable bonds is 6. The molecule has 0 heterocycles. The molecule has 0 unspecified atom stereocenters. The highest BCUT2D eigenvalue weighted by molar-refractivity contribution is 7.92. The number of phenols is 3. The first-order valence-corrected chi connectivity index (χ1v) is 9.90. The molecule has 4 N–H and O–H groups in total. The molecule has 3 rings (SSSR count). The maximum atomic E-state index is 12.6. The quantitative estimate of drug-likeness (QED) is 0.364. The number of allylic oxidation sites excluding steroid dienone is 1. The fourth-order valence-electron chi connectivity index (χ4n) is 2.57. The number of carbonyl (C=O) groups excluding carboxylic acids is 1. The second-order valence-electron chi connectivity index (χ2n) is 6.09. The highest BCUT2D eigenvalue weighted by Gasteiger charge is 2.18. The molecule has 0 bridgehead atoms. The summed E-state index contributed by atoms with van der Waals surface area (Å²) < 4.78 is 27.5. The van der Waals surface area contributed by atoms with E-state index < -0.39 is 15.8 Å². The number of benzene rings is 3. The summed E-state index contributed by atoms with van der Waals surface area (Å²) in [5.41, 5.74) is 0.486. The average Bonchev–Trinajstić information content (AvgIpc) is 2.67. The lowest BCUT2D eigenvalue weighted by atomic mass is 10.1. The molecule has 29 heavy (non-hydrogen) atoms. The summed E-state index contributed by atoms with van der Waals surface area (Å²) in [6, 6.07) is 15.2. The molecule has 0 aromatic heterocycles. The van der Waals surface area contributed by atoms with Crippen LogP contribution in [-0.4, -0.2) is 29.5 Å². The van der Waals surface area contributed by atoms with Crippen molar-refractivity contribution in [3.63, 3.8) is 0 Å². The zero-order chi connectivity index (χ0) is 21.0. The number of para-hydroxylation sites is 1. The number of sulfonamides is 1. The molecular formula is C21H17NO6S. The monoisotopic (exact) mass is 411 g/mol. The molecule has 3 aromatic carbocycles. The van der Waals surface area contributed by atoms with Crippen LogP contribution >= 0.6 is 0 Å². The Morgan fingerprint density at radius 2 is 1.59 bits per heavy atom. The number of phenolic OH excluding ortho intramolecular Hbond substituents is 3. The van der Waals surface area contributed by atoms with Gasteiger partial charge < -0.3 is 15.3 Å². The maximum Gasteiger partial charge on any atom is 0.262 e. The Bertz CT molecular complexity index is 1200. The summed E-state index contributed by atoms with van der Waals surface area (Å²) in [6.45, 7) is 0. The van der Waals surface area contributed by atoms with Gasteiger partial charge in [-0.05, 0) is 48.6 Å². The highest BCUT2D eigenvalue weighted by atomic mass is 32.2. The minimum absolute atomic E-state index is 0.0698. The Morgan fingerprint density at radius 3 is 2.31 bits per heavy atom. The predicted octanol–water partition coefficient (Wildman–Crippen LogP) is 3.50. The third kappa shape index (κ3) is 4.74. The van der Waals surface area contributed by atoms with Crippen LogP contribution in [0.3, 0.4) is 0 Å². The maximum absolute atomic E-state index is 12.6. The third-order valence-corrected chi connectivity index (χ3v) is 5.36. The molecule has 0 atom stereocenters. The van der Waals surface area contributed by atoms with E-state index in [0.717, 1.165) is 12.1 Å². The van der Waals surface area contributed by atoms with E-state index in [1.54, 1.807) is 12.1 Å². The van der Waals surface area contributed by atoms with Gasteiger partial charge in [-0.1, -0.05) is 18.2 Å². The summed E-state index contributed by atoms with van der Waals surface area (Å²) in [5.74, 6) is -1.01. The largest absolute Gasteiger partial charge is 0.508 e. The van der Waals surface area contributed by atoms with Crippen molar-refractivity contribution in [1.82, 2.24) is 0 Å². The van der Waals surface area contributed by atoms with Crippen LogP contribution in [0.15, 0.2) is 77.7 Å². The standard InChI is InChI=1S/C21H17NO6S/c23-15-4-3-5-17(12-15)29(27,28)22-19-7-2-1-6-18(19)20(25)11-9-14-8-10-16(24)13-21(14)26/h1-13,22-24,26H/b11-9+. The first kappa shape index (κ1) is 20.0. The lowest BCUT2D eigenvalue weighted by molar-refractivity contribution is 0.104. The second-order valence-corrected chi connectivity index (χ2v) is 7.77. The molecule has 0 aliphatic rings. The first-order chi connectivity index (χ1) is 13.8. The van der Waals surface area contributed by atoms with Gasteiger partial charge in [0.2, 0.25) is 0 Å². The van der Waals surface area contributed by atoms with Crippen LogP contribution in [0, 0.1) is 0 Å². The Morgan fingerprint density at radius 1 is 0.862 bits per heavy atom. The van der Waals surface area contributed by atoms with Gasteiger partial charge in [0, 0.05) is 23.3 Å².